The molecule has 3 aromatic rings. The van der Waals surface area contributed by atoms with Gasteiger partial charge >= 0.3 is 0 Å². The monoisotopic (exact) mass is 603 g/mol. The van der Waals surface area contributed by atoms with E-state index in [9.17, 15) is 18.0 Å². The van der Waals surface area contributed by atoms with Crippen LogP contribution in [0.15, 0.2) is 77.7 Å². The van der Waals surface area contributed by atoms with Crippen molar-refractivity contribution in [2.24, 2.45) is 0 Å². The number of para-hydroxylation sites is 1. The highest BCUT2D eigenvalue weighted by Crippen LogP contribution is 2.31. The molecule has 7 nitrogen and oxygen atoms in total. The molecule has 0 saturated carbocycles. The number of rotatable bonds is 13. The number of anilines is 1. The van der Waals surface area contributed by atoms with Crippen LogP contribution in [0.25, 0.3) is 0 Å². The molecule has 0 saturated heterocycles. The van der Waals surface area contributed by atoms with Crippen molar-refractivity contribution in [2.45, 2.75) is 57.5 Å². The lowest BCUT2D eigenvalue weighted by molar-refractivity contribution is -0.140. The second-order valence-electron chi connectivity index (χ2n) is 9.49. The molecule has 0 aliphatic carbocycles. The fourth-order valence-corrected chi connectivity index (χ4v) is 6.06. The second-order valence-corrected chi connectivity index (χ2v) is 12.2. The van der Waals surface area contributed by atoms with Crippen molar-refractivity contribution in [1.29, 1.82) is 0 Å². The third kappa shape index (κ3) is 7.99. The molecule has 0 bridgehead atoms. The van der Waals surface area contributed by atoms with Gasteiger partial charge in [-0.05, 0) is 61.7 Å². The van der Waals surface area contributed by atoms with Crippen LogP contribution in [0.5, 0.6) is 0 Å². The summed E-state index contributed by atoms with van der Waals surface area (Å²) in [5.74, 6) is -0.827. The number of aryl methyl sites for hydroxylation is 1. The highest BCUT2D eigenvalue weighted by atomic mass is 35.5. The smallest absolute Gasteiger partial charge is 0.264 e. The highest BCUT2D eigenvalue weighted by molar-refractivity contribution is 7.92. The Hall–Kier alpha value is -3.07. The lowest BCUT2D eigenvalue weighted by Gasteiger charge is -2.33. The number of unbranched alkanes of at least 4 members (excludes halogenated alkanes) is 1. The average Bonchev–Trinajstić information content (AvgIpc) is 2.93. The molecule has 0 aliphatic rings. The van der Waals surface area contributed by atoms with Crippen LogP contribution in [0.1, 0.15) is 44.2 Å². The minimum Gasteiger partial charge on any atom is -0.354 e. The number of nitrogens with one attached hydrogen (secondary N) is 1. The molecule has 0 aliphatic heterocycles. The van der Waals surface area contributed by atoms with E-state index < -0.39 is 28.5 Å². The zero-order chi connectivity index (χ0) is 29.3. The second kappa shape index (κ2) is 14.5. The summed E-state index contributed by atoms with van der Waals surface area (Å²) in [5.41, 5.74) is 1.82. The quantitative estimate of drug-likeness (QED) is 0.235. The number of benzene rings is 3. The van der Waals surface area contributed by atoms with E-state index in [-0.39, 0.29) is 28.1 Å². The molecule has 40 heavy (non-hydrogen) atoms. The van der Waals surface area contributed by atoms with Crippen LogP contribution in [0, 0.1) is 6.92 Å². The van der Waals surface area contributed by atoms with Crippen molar-refractivity contribution in [3.63, 3.8) is 0 Å². The molecule has 0 heterocycles. The third-order valence-corrected chi connectivity index (χ3v) is 8.84. The first-order valence-corrected chi connectivity index (χ1v) is 15.4. The summed E-state index contributed by atoms with van der Waals surface area (Å²) in [4.78, 5) is 28.7. The lowest BCUT2D eigenvalue weighted by atomic mass is 10.1. The fourth-order valence-electron chi connectivity index (χ4n) is 4.22. The Morgan fingerprint density at radius 1 is 0.925 bits per heavy atom. The standard InChI is InChI=1S/C30H35Cl2N3O4S/c1-4-6-19-33-30(37)27(5-2)34(20-23-13-15-24(31)16-14-23)29(36)21-35(28-10-8-7-9-26(28)32)40(38,39)25-17-11-22(3)12-18-25/h7-18,27H,4-6,19-21H2,1-3H3,(H,33,37)/t27-/m1/s1. The summed E-state index contributed by atoms with van der Waals surface area (Å²) < 4.78 is 28.8. The molecule has 3 aromatic carbocycles. The molecule has 10 heteroatoms. The summed E-state index contributed by atoms with van der Waals surface area (Å²) in [6, 6.07) is 19.0. The molecule has 214 valence electrons. The molecule has 3 rings (SSSR count). The van der Waals surface area contributed by atoms with E-state index in [1.807, 2.05) is 20.8 Å². The maximum Gasteiger partial charge on any atom is 0.264 e. The molecule has 0 spiro atoms. The molecule has 1 N–H and O–H groups in total. The van der Waals surface area contributed by atoms with E-state index >= 15 is 0 Å². The number of nitrogens with zero attached hydrogens (tertiary/aromatic N) is 2. The molecule has 1 atom stereocenters. The minimum atomic E-state index is -4.19. The lowest BCUT2D eigenvalue weighted by Crippen LogP contribution is -2.52. The number of hydrogen-bond acceptors (Lipinski definition) is 4. The Balaban J connectivity index is 2.04. The zero-order valence-electron chi connectivity index (χ0n) is 22.9. The summed E-state index contributed by atoms with van der Waals surface area (Å²) >= 11 is 12.5. The third-order valence-electron chi connectivity index (χ3n) is 6.49. The van der Waals surface area contributed by atoms with E-state index in [2.05, 4.69) is 5.32 Å². The Bertz CT molecular complexity index is 1400. The molecule has 0 fully saturated rings. The van der Waals surface area contributed by atoms with Crippen molar-refractivity contribution < 1.29 is 18.0 Å². The summed E-state index contributed by atoms with van der Waals surface area (Å²) in [6.07, 6.45) is 2.06. The molecular formula is C30H35Cl2N3O4S. The van der Waals surface area contributed by atoms with E-state index in [0.29, 0.717) is 18.0 Å². The Morgan fingerprint density at radius 3 is 2.17 bits per heavy atom. The van der Waals surface area contributed by atoms with Crippen molar-refractivity contribution in [2.75, 3.05) is 17.4 Å². The number of sulfonamides is 1. The van der Waals surface area contributed by atoms with Crippen LogP contribution in [0.3, 0.4) is 0 Å². The zero-order valence-corrected chi connectivity index (χ0v) is 25.3. The summed E-state index contributed by atoms with van der Waals surface area (Å²) in [5, 5.41) is 3.64. The van der Waals surface area contributed by atoms with Gasteiger partial charge in [-0.2, -0.15) is 0 Å². The molecule has 0 aromatic heterocycles. The van der Waals surface area contributed by atoms with Crippen molar-refractivity contribution in [3.05, 3.63) is 94.0 Å². The SMILES string of the molecule is CCCCNC(=O)[C@@H](CC)N(Cc1ccc(Cl)cc1)C(=O)CN(c1ccccc1Cl)S(=O)(=O)c1ccc(C)cc1. The van der Waals surface area contributed by atoms with Gasteiger partial charge in [-0.3, -0.25) is 13.9 Å². The van der Waals surface area contributed by atoms with Crippen LogP contribution in [0.2, 0.25) is 10.0 Å². The summed E-state index contributed by atoms with van der Waals surface area (Å²) in [6.45, 7) is 5.74. The van der Waals surface area contributed by atoms with E-state index in [0.717, 1.165) is 28.3 Å². The van der Waals surface area contributed by atoms with Gasteiger partial charge in [0.15, 0.2) is 0 Å². The maximum atomic E-state index is 14.0. The first-order valence-electron chi connectivity index (χ1n) is 13.2. The van der Waals surface area contributed by atoms with Crippen molar-refractivity contribution in [3.8, 4) is 0 Å². The Labute approximate surface area is 247 Å². The number of halogens is 2. The highest BCUT2D eigenvalue weighted by Gasteiger charge is 2.34. The number of amides is 2. The molecule has 0 unspecified atom stereocenters. The average molecular weight is 605 g/mol. The van der Waals surface area contributed by atoms with Gasteiger partial charge in [0.25, 0.3) is 10.0 Å². The predicted octanol–water partition coefficient (Wildman–Crippen LogP) is 6.22. The van der Waals surface area contributed by atoms with Crippen LogP contribution < -0.4 is 9.62 Å². The molecule has 2 amide bonds. The maximum absolute atomic E-state index is 14.0. The van der Waals surface area contributed by atoms with Gasteiger partial charge in [-0.1, -0.05) is 85.4 Å². The Morgan fingerprint density at radius 2 is 1.57 bits per heavy atom. The van der Waals surface area contributed by atoms with E-state index in [1.54, 1.807) is 60.7 Å². The first-order chi connectivity index (χ1) is 19.1. The van der Waals surface area contributed by atoms with Crippen LogP contribution in [-0.4, -0.2) is 44.3 Å². The van der Waals surface area contributed by atoms with Gasteiger partial charge in [0.1, 0.15) is 12.6 Å². The number of carbonyl (C=O) groups excluding carboxylic acids is 2. The number of carbonyl (C=O) groups is 2. The van der Waals surface area contributed by atoms with Gasteiger partial charge in [-0.15, -0.1) is 0 Å². The van der Waals surface area contributed by atoms with Crippen LogP contribution in [0.4, 0.5) is 5.69 Å². The predicted molar refractivity (Wildman–Crippen MR) is 161 cm³/mol. The fraction of sp³-hybridized carbons (Fsp3) is 0.333. The molecular weight excluding hydrogens is 569 g/mol. The normalized spacial score (nSPS) is 12.0. The minimum absolute atomic E-state index is 0.0272. The summed E-state index contributed by atoms with van der Waals surface area (Å²) in [7, 11) is -4.19. The first kappa shape index (κ1) is 31.5. The van der Waals surface area contributed by atoms with Gasteiger partial charge in [-0.25, -0.2) is 8.42 Å². The van der Waals surface area contributed by atoms with E-state index in [4.69, 9.17) is 23.2 Å². The van der Waals surface area contributed by atoms with Crippen molar-refractivity contribution >= 4 is 50.7 Å². The van der Waals surface area contributed by atoms with Crippen LogP contribution >= 0.6 is 23.2 Å². The van der Waals surface area contributed by atoms with E-state index in [1.165, 1.54) is 17.0 Å². The van der Waals surface area contributed by atoms with Crippen LogP contribution in [-0.2, 0) is 26.2 Å². The van der Waals surface area contributed by atoms with Crippen molar-refractivity contribution in [1.82, 2.24) is 10.2 Å². The Kier molecular flexibility index (Phi) is 11.4. The number of hydrogen-bond donors (Lipinski definition) is 1. The van der Waals surface area contributed by atoms with Gasteiger partial charge in [0.2, 0.25) is 11.8 Å². The molecule has 0 radical (unpaired) electrons. The largest absolute Gasteiger partial charge is 0.354 e. The van der Waals surface area contributed by atoms with Gasteiger partial charge in [0.05, 0.1) is 15.6 Å². The van der Waals surface area contributed by atoms with Gasteiger partial charge in [0, 0.05) is 18.1 Å². The van der Waals surface area contributed by atoms with Gasteiger partial charge < -0.3 is 10.2 Å². The topological polar surface area (TPSA) is 86.8 Å².